The van der Waals surface area contributed by atoms with Crippen LogP contribution in [-0.2, 0) is 22.6 Å². The van der Waals surface area contributed by atoms with Crippen molar-refractivity contribution in [1.29, 1.82) is 0 Å². The maximum absolute atomic E-state index is 12.8. The van der Waals surface area contributed by atoms with E-state index < -0.39 is 11.1 Å². The van der Waals surface area contributed by atoms with Crippen LogP contribution in [0.2, 0.25) is 0 Å². The number of methoxy groups -OCH3 is 1. The minimum atomic E-state index is -0.425. The maximum atomic E-state index is 12.8. The van der Waals surface area contributed by atoms with Gasteiger partial charge in [0.15, 0.2) is 0 Å². The Morgan fingerprint density at radius 2 is 1.93 bits per heavy atom. The fourth-order valence-electron chi connectivity index (χ4n) is 3.66. The van der Waals surface area contributed by atoms with Gasteiger partial charge in [0.05, 0.1) is 12.0 Å². The fourth-order valence-corrected chi connectivity index (χ4v) is 4.49. The average molecular weight is 423 g/mol. The van der Waals surface area contributed by atoms with Gasteiger partial charge in [0.2, 0.25) is 5.91 Å². The zero-order valence-electron chi connectivity index (χ0n) is 16.9. The molecule has 2 aromatic rings. The Balaban J connectivity index is 1.46. The van der Waals surface area contributed by atoms with Crippen molar-refractivity contribution in [2.24, 2.45) is 0 Å². The lowest BCUT2D eigenvalue weighted by Crippen LogP contribution is -2.44. The molecule has 0 aromatic heterocycles. The lowest BCUT2D eigenvalue weighted by atomic mass is 10.00. The molecule has 2 aromatic carbocycles. The second-order valence-corrected chi connectivity index (χ2v) is 8.32. The van der Waals surface area contributed by atoms with Crippen LogP contribution in [0.3, 0.4) is 0 Å². The van der Waals surface area contributed by atoms with Crippen LogP contribution in [-0.4, -0.2) is 47.1 Å². The van der Waals surface area contributed by atoms with Crippen molar-refractivity contribution in [2.75, 3.05) is 20.2 Å². The number of rotatable bonds is 4. The van der Waals surface area contributed by atoms with Gasteiger partial charge in [0, 0.05) is 13.1 Å². The average Bonchev–Trinajstić information content (AvgIpc) is 3.02. The highest BCUT2D eigenvalue weighted by atomic mass is 32.2. The first-order chi connectivity index (χ1) is 14.5. The van der Waals surface area contributed by atoms with Crippen LogP contribution in [0.5, 0.6) is 5.75 Å². The second kappa shape index (κ2) is 8.36. The zero-order chi connectivity index (χ0) is 21.3. The van der Waals surface area contributed by atoms with Crippen LogP contribution >= 0.6 is 11.8 Å². The standard InChI is InChI=1S/C23H22N2O4S/c1-15-11-19(29-2)8-7-17(15)12-20-22(27)25(23(28)30-20)14-21(26)24-10-9-16-5-3-4-6-18(16)13-24/h3-8,11-12H,9-10,13-14H2,1-2H3/b20-12-. The SMILES string of the molecule is COc1ccc(/C=C2\SC(=O)N(CC(=O)N3CCc4ccccc4C3)C2=O)c(C)c1. The number of hydrogen-bond donors (Lipinski definition) is 0. The molecular weight excluding hydrogens is 400 g/mol. The number of ether oxygens (including phenoxy) is 1. The smallest absolute Gasteiger partial charge is 0.294 e. The van der Waals surface area contributed by atoms with Gasteiger partial charge in [0.25, 0.3) is 11.1 Å². The highest BCUT2D eigenvalue weighted by Crippen LogP contribution is 2.33. The largest absolute Gasteiger partial charge is 0.497 e. The molecule has 30 heavy (non-hydrogen) atoms. The molecule has 1 fully saturated rings. The van der Waals surface area contributed by atoms with Gasteiger partial charge < -0.3 is 9.64 Å². The van der Waals surface area contributed by atoms with Crippen LogP contribution in [0.15, 0.2) is 47.4 Å². The van der Waals surface area contributed by atoms with Crippen LogP contribution < -0.4 is 4.74 Å². The van der Waals surface area contributed by atoms with Gasteiger partial charge in [-0.3, -0.25) is 19.3 Å². The van der Waals surface area contributed by atoms with E-state index in [0.717, 1.165) is 45.5 Å². The van der Waals surface area contributed by atoms with Crippen LogP contribution in [0.4, 0.5) is 4.79 Å². The summed E-state index contributed by atoms with van der Waals surface area (Å²) in [6, 6.07) is 13.5. The van der Waals surface area contributed by atoms with E-state index >= 15 is 0 Å². The zero-order valence-corrected chi connectivity index (χ0v) is 17.7. The lowest BCUT2D eigenvalue weighted by Gasteiger charge is -2.29. The van der Waals surface area contributed by atoms with Crippen molar-refractivity contribution in [3.05, 3.63) is 69.6 Å². The Bertz CT molecular complexity index is 1060. The van der Waals surface area contributed by atoms with E-state index in [4.69, 9.17) is 4.74 Å². The molecule has 0 spiro atoms. The van der Waals surface area contributed by atoms with Gasteiger partial charge in [-0.15, -0.1) is 0 Å². The van der Waals surface area contributed by atoms with Crippen LogP contribution in [0, 0.1) is 6.92 Å². The third-order valence-electron chi connectivity index (χ3n) is 5.41. The molecule has 0 aliphatic carbocycles. The van der Waals surface area contributed by atoms with Gasteiger partial charge in [-0.1, -0.05) is 30.3 Å². The molecule has 0 atom stereocenters. The number of aryl methyl sites for hydroxylation is 1. The summed E-state index contributed by atoms with van der Waals surface area (Å²) in [7, 11) is 1.59. The van der Waals surface area contributed by atoms with Gasteiger partial charge >= 0.3 is 0 Å². The molecule has 0 bridgehead atoms. The summed E-state index contributed by atoms with van der Waals surface area (Å²) in [5.41, 5.74) is 4.12. The Hall–Kier alpha value is -3.06. The van der Waals surface area contributed by atoms with E-state index in [1.165, 1.54) is 5.56 Å². The van der Waals surface area contributed by atoms with E-state index in [-0.39, 0.29) is 12.5 Å². The van der Waals surface area contributed by atoms with E-state index in [2.05, 4.69) is 6.07 Å². The first-order valence-electron chi connectivity index (χ1n) is 9.71. The number of imide groups is 1. The van der Waals surface area contributed by atoms with Crippen molar-refractivity contribution in [3.8, 4) is 5.75 Å². The predicted octanol–water partition coefficient (Wildman–Crippen LogP) is 3.62. The van der Waals surface area contributed by atoms with Crippen molar-refractivity contribution < 1.29 is 19.1 Å². The Labute approximate surface area is 179 Å². The van der Waals surface area contributed by atoms with Gasteiger partial charge in [-0.25, -0.2) is 0 Å². The van der Waals surface area contributed by atoms with E-state index in [1.54, 1.807) is 24.2 Å². The topological polar surface area (TPSA) is 66.9 Å². The number of fused-ring (bicyclic) bond motifs is 1. The van der Waals surface area contributed by atoms with Crippen LogP contribution in [0.1, 0.15) is 22.3 Å². The summed E-state index contributed by atoms with van der Waals surface area (Å²) < 4.78 is 5.20. The van der Waals surface area contributed by atoms with E-state index in [1.807, 2.05) is 37.3 Å². The third-order valence-corrected chi connectivity index (χ3v) is 6.32. The number of carbonyl (C=O) groups excluding carboxylic acids is 3. The van der Waals surface area contributed by atoms with E-state index in [0.29, 0.717) is 18.0 Å². The van der Waals surface area contributed by atoms with Crippen molar-refractivity contribution >= 4 is 34.9 Å². The van der Waals surface area contributed by atoms with Gasteiger partial charge in [0.1, 0.15) is 12.3 Å². The van der Waals surface area contributed by atoms with Gasteiger partial charge in [-0.05, 0) is 65.6 Å². The van der Waals surface area contributed by atoms with Crippen molar-refractivity contribution in [1.82, 2.24) is 9.80 Å². The van der Waals surface area contributed by atoms with Gasteiger partial charge in [-0.2, -0.15) is 0 Å². The quantitative estimate of drug-likeness (QED) is 0.704. The number of amides is 3. The number of benzene rings is 2. The monoisotopic (exact) mass is 422 g/mol. The summed E-state index contributed by atoms with van der Waals surface area (Å²) in [6.45, 7) is 2.78. The summed E-state index contributed by atoms with van der Waals surface area (Å²) in [6.07, 6.45) is 2.47. The third kappa shape index (κ3) is 3.98. The summed E-state index contributed by atoms with van der Waals surface area (Å²) in [5.74, 6) is 0.0890. The number of thioether (sulfide) groups is 1. The molecule has 2 aliphatic heterocycles. The Kier molecular flexibility index (Phi) is 5.63. The molecule has 6 nitrogen and oxygen atoms in total. The number of carbonyl (C=O) groups is 3. The molecule has 0 radical (unpaired) electrons. The molecule has 0 unspecified atom stereocenters. The molecule has 3 amide bonds. The molecule has 7 heteroatoms. The first-order valence-corrected chi connectivity index (χ1v) is 10.5. The van der Waals surface area contributed by atoms with Crippen molar-refractivity contribution in [3.63, 3.8) is 0 Å². The predicted molar refractivity (Wildman–Crippen MR) is 116 cm³/mol. The van der Waals surface area contributed by atoms with Crippen molar-refractivity contribution in [2.45, 2.75) is 19.9 Å². The highest BCUT2D eigenvalue weighted by Gasteiger charge is 2.37. The molecule has 2 heterocycles. The second-order valence-electron chi connectivity index (χ2n) is 7.32. The summed E-state index contributed by atoms with van der Waals surface area (Å²) in [5, 5.41) is -0.414. The minimum Gasteiger partial charge on any atom is -0.497 e. The lowest BCUT2D eigenvalue weighted by molar-refractivity contribution is -0.136. The molecule has 0 N–H and O–H groups in total. The number of nitrogens with zero attached hydrogens (tertiary/aromatic N) is 2. The summed E-state index contributed by atoms with van der Waals surface area (Å²) >= 11 is 0.869. The minimum absolute atomic E-state index is 0.214. The Morgan fingerprint density at radius 1 is 1.17 bits per heavy atom. The molecule has 154 valence electrons. The van der Waals surface area contributed by atoms with E-state index in [9.17, 15) is 14.4 Å². The van der Waals surface area contributed by atoms with Crippen LogP contribution in [0.25, 0.3) is 6.08 Å². The molecule has 0 saturated carbocycles. The normalized spacial score (nSPS) is 17.5. The molecular formula is C23H22N2O4S. The maximum Gasteiger partial charge on any atom is 0.294 e. The number of hydrogen-bond acceptors (Lipinski definition) is 5. The highest BCUT2D eigenvalue weighted by molar-refractivity contribution is 8.18. The molecule has 1 saturated heterocycles. The molecule has 2 aliphatic rings. The molecule has 4 rings (SSSR count). The summed E-state index contributed by atoms with van der Waals surface area (Å²) in [4.78, 5) is 41.1. The first kappa shape index (κ1) is 20.2. The Morgan fingerprint density at radius 3 is 2.67 bits per heavy atom. The fraction of sp³-hybridized carbons (Fsp3) is 0.261.